The first kappa shape index (κ1) is 19.7. The Morgan fingerprint density at radius 2 is 1.89 bits per heavy atom. The van der Waals surface area contributed by atoms with Gasteiger partial charge in [0, 0.05) is 17.7 Å². The quantitative estimate of drug-likeness (QED) is 0.704. The highest BCUT2D eigenvalue weighted by Gasteiger charge is 2.38. The summed E-state index contributed by atoms with van der Waals surface area (Å²) < 4.78 is 19.2. The fourth-order valence-corrected chi connectivity index (χ4v) is 4.31. The van der Waals surface area contributed by atoms with Crippen LogP contribution in [0.1, 0.15) is 50.3 Å². The van der Waals surface area contributed by atoms with E-state index in [9.17, 15) is 9.18 Å². The van der Waals surface area contributed by atoms with Gasteiger partial charge < -0.3 is 10.1 Å². The molecule has 1 aliphatic rings. The molecule has 5 heteroatoms. The first-order chi connectivity index (χ1) is 13.0. The van der Waals surface area contributed by atoms with Gasteiger partial charge in [0.05, 0.1) is 11.8 Å². The number of amides is 1. The van der Waals surface area contributed by atoms with Crippen molar-refractivity contribution in [3.8, 4) is 5.75 Å². The molecule has 2 aromatic carbocycles. The van der Waals surface area contributed by atoms with Gasteiger partial charge in [-0.3, -0.25) is 4.79 Å². The predicted octanol–water partition coefficient (Wildman–Crippen LogP) is 5.26. The molecule has 144 valence electrons. The SMILES string of the molecule is CCC1(CC)C[C@@H](NC(=O)CSCc2ccc(F)cc2)c2ccccc2O1. The Hall–Kier alpha value is -2.01. The summed E-state index contributed by atoms with van der Waals surface area (Å²) in [7, 11) is 0. The maximum Gasteiger partial charge on any atom is 0.230 e. The summed E-state index contributed by atoms with van der Waals surface area (Å²) in [5, 5.41) is 3.19. The third kappa shape index (κ3) is 4.83. The summed E-state index contributed by atoms with van der Waals surface area (Å²) in [4.78, 5) is 12.5. The molecule has 0 spiro atoms. The number of halogens is 1. The Morgan fingerprint density at radius 1 is 1.19 bits per heavy atom. The molecule has 0 bridgehead atoms. The van der Waals surface area contributed by atoms with Crippen molar-refractivity contribution in [2.45, 2.75) is 50.5 Å². The van der Waals surface area contributed by atoms with Crippen molar-refractivity contribution in [1.29, 1.82) is 0 Å². The van der Waals surface area contributed by atoms with Gasteiger partial charge in [0.15, 0.2) is 0 Å². The lowest BCUT2D eigenvalue weighted by Gasteiger charge is -2.41. The number of thioether (sulfide) groups is 1. The van der Waals surface area contributed by atoms with Crippen LogP contribution < -0.4 is 10.1 Å². The zero-order valence-electron chi connectivity index (χ0n) is 15.8. The Labute approximate surface area is 164 Å². The molecule has 0 aromatic heterocycles. The van der Waals surface area contributed by atoms with E-state index in [4.69, 9.17) is 4.74 Å². The normalized spacial score (nSPS) is 17.7. The van der Waals surface area contributed by atoms with Gasteiger partial charge in [-0.05, 0) is 36.6 Å². The third-order valence-electron chi connectivity index (χ3n) is 5.24. The minimum absolute atomic E-state index is 0.0184. The summed E-state index contributed by atoms with van der Waals surface area (Å²) in [6.07, 6.45) is 2.60. The molecule has 0 fully saturated rings. The third-order valence-corrected chi connectivity index (χ3v) is 6.24. The van der Waals surface area contributed by atoms with Gasteiger partial charge in [-0.2, -0.15) is 0 Å². The molecular weight excluding hydrogens is 361 g/mol. The molecule has 2 aromatic rings. The maximum atomic E-state index is 13.0. The summed E-state index contributed by atoms with van der Waals surface area (Å²) >= 11 is 1.54. The average molecular weight is 388 g/mol. The Balaban J connectivity index is 1.61. The number of carbonyl (C=O) groups excluding carboxylic acids is 1. The van der Waals surface area contributed by atoms with Gasteiger partial charge >= 0.3 is 0 Å². The zero-order chi connectivity index (χ0) is 19.3. The van der Waals surface area contributed by atoms with E-state index in [2.05, 4.69) is 19.2 Å². The highest BCUT2D eigenvalue weighted by atomic mass is 32.2. The van der Waals surface area contributed by atoms with E-state index < -0.39 is 0 Å². The molecule has 0 radical (unpaired) electrons. The van der Waals surface area contributed by atoms with E-state index in [1.165, 1.54) is 23.9 Å². The maximum absolute atomic E-state index is 13.0. The molecule has 0 saturated heterocycles. The van der Waals surface area contributed by atoms with Crippen LogP contribution in [0.4, 0.5) is 4.39 Å². The second kappa shape index (κ2) is 8.79. The summed E-state index contributed by atoms with van der Waals surface area (Å²) in [6, 6.07) is 14.3. The van der Waals surface area contributed by atoms with Gasteiger partial charge in [-0.25, -0.2) is 4.39 Å². The van der Waals surface area contributed by atoms with Crippen molar-refractivity contribution in [3.05, 3.63) is 65.5 Å². The number of ether oxygens (including phenoxy) is 1. The van der Waals surface area contributed by atoms with E-state index in [1.54, 1.807) is 12.1 Å². The van der Waals surface area contributed by atoms with Crippen LogP contribution in [0, 0.1) is 5.82 Å². The van der Waals surface area contributed by atoms with E-state index in [1.807, 2.05) is 24.3 Å². The van der Waals surface area contributed by atoms with Crippen molar-refractivity contribution < 1.29 is 13.9 Å². The standard InChI is InChI=1S/C22H26FNO2S/c1-3-22(4-2)13-19(18-7-5-6-8-20(18)26-22)24-21(25)15-27-14-16-9-11-17(23)12-10-16/h5-12,19H,3-4,13-15H2,1-2H3,(H,24,25)/t19-/m1/s1. The Bertz CT molecular complexity index is 774. The van der Waals surface area contributed by atoms with Crippen molar-refractivity contribution in [3.63, 3.8) is 0 Å². The molecule has 3 nitrogen and oxygen atoms in total. The highest BCUT2D eigenvalue weighted by molar-refractivity contribution is 7.99. The summed E-state index contributed by atoms with van der Waals surface area (Å²) in [5.74, 6) is 1.71. The van der Waals surface area contributed by atoms with Crippen LogP contribution in [-0.2, 0) is 10.5 Å². The van der Waals surface area contributed by atoms with E-state index in [0.717, 1.165) is 36.1 Å². The van der Waals surface area contributed by atoms with Crippen LogP contribution in [-0.4, -0.2) is 17.3 Å². The zero-order valence-corrected chi connectivity index (χ0v) is 16.7. The molecule has 0 unspecified atom stereocenters. The van der Waals surface area contributed by atoms with E-state index >= 15 is 0 Å². The van der Waals surface area contributed by atoms with Gasteiger partial charge in [0.2, 0.25) is 5.91 Å². The van der Waals surface area contributed by atoms with Crippen molar-refractivity contribution in [2.24, 2.45) is 0 Å². The fourth-order valence-electron chi connectivity index (χ4n) is 3.51. The van der Waals surface area contributed by atoms with Gasteiger partial charge in [-0.1, -0.05) is 44.2 Å². The van der Waals surface area contributed by atoms with Crippen LogP contribution in [0.5, 0.6) is 5.75 Å². The lowest BCUT2D eigenvalue weighted by atomic mass is 9.83. The minimum atomic E-state index is -0.241. The average Bonchev–Trinajstić information content (AvgIpc) is 2.69. The second-order valence-corrected chi connectivity index (χ2v) is 7.96. The number of para-hydroxylation sites is 1. The van der Waals surface area contributed by atoms with Crippen molar-refractivity contribution in [1.82, 2.24) is 5.32 Å². The molecule has 1 heterocycles. The lowest BCUT2D eigenvalue weighted by Crippen LogP contribution is -2.44. The monoisotopic (exact) mass is 387 g/mol. The summed E-state index contributed by atoms with van der Waals surface area (Å²) in [5.41, 5.74) is 1.83. The number of carbonyl (C=O) groups is 1. The summed E-state index contributed by atoms with van der Waals surface area (Å²) in [6.45, 7) is 4.27. The minimum Gasteiger partial charge on any atom is -0.487 e. The molecule has 0 aliphatic carbocycles. The number of hydrogen-bond acceptors (Lipinski definition) is 3. The lowest BCUT2D eigenvalue weighted by molar-refractivity contribution is -0.120. The van der Waals surface area contributed by atoms with Gasteiger partial charge in [0.25, 0.3) is 0 Å². The highest BCUT2D eigenvalue weighted by Crippen LogP contribution is 2.42. The van der Waals surface area contributed by atoms with E-state index in [-0.39, 0.29) is 23.4 Å². The van der Waals surface area contributed by atoms with Crippen molar-refractivity contribution >= 4 is 17.7 Å². The molecule has 1 aliphatic heterocycles. The smallest absolute Gasteiger partial charge is 0.230 e. The van der Waals surface area contributed by atoms with Crippen LogP contribution >= 0.6 is 11.8 Å². The molecule has 3 rings (SSSR count). The number of hydrogen-bond donors (Lipinski definition) is 1. The van der Waals surface area contributed by atoms with Crippen LogP contribution in [0.15, 0.2) is 48.5 Å². The fraction of sp³-hybridized carbons (Fsp3) is 0.409. The molecule has 27 heavy (non-hydrogen) atoms. The molecule has 1 N–H and O–H groups in total. The van der Waals surface area contributed by atoms with Crippen LogP contribution in [0.3, 0.4) is 0 Å². The molecule has 0 saturated carbocycles. The topological polar surface area (TPSA) is 38.3 Å². The van der Waals surface area contributed by atoms with E-state index in [0.29, 0.717) is 11.5 Å². The second-order valence-electron chi connectivity index (χ2n) is 6.97. The number of benzene rings is 2. The molecule has 1 amide bonds. The largest absolute Gasteiger partial charge is 0.487 e. The number of rotatable bonds is 7. The number of nitrogens with one attached hydrogen (secondary N) is 1. The number of fused-ring (bicyclic) bond motifs is 1. The van der Waals surface area contributed by atoms with Gasteiger partial charge in [0.1, 0.15) is 17.2 Å². The first-order valence-corrected chi connectivity index (χ1v) is 10.6. The first-order valence-electron chi connectivity index (χ1n) is 9.45. The van der Waals surface area contributed by atoms with Crippen LogP contribution in [0.25, 0.3) is 0 Å². The Kier molecular flexibility index (Phi) is 6.42. The predicted molar refractivity (Wildman–Crippen MR) is 108 cm³/mol. The molecule has 1 atom stereocenters. The van der Waals surface area contributed by atoms with Crippen LogP contribution in [0.2, 0.25) is 0 Å². The van der Waals surface area contributed by atoms with Crippen molar-refractivity contribution in [2.75, 3.05) is 5.75 Å². The molecular formula is C22H26FNO2S. The van der Waals surface area contributed by atoms with Gasteiger partial charge in [-0.15, -0.1) is 11.8 Å². The Morgan fingerprint density at radius 3 is 2.59 bits per heavy atom.